The van der Waals surface area contributed by atoms with Crippen molar-refractivity contribution in [2.45, 2.75) is 12.7 Å². The van der Waals surface area contributed by atoms with Gasteiger partial charge >= 0.3 is 6.18 Å². The first kappa shape index (κ1) is 13.4. The molecule has 0 saturated carbocycles. The topological polar surface area (TPSA) is 29.9 Å². The zero-order valence-corrected chi connectivity index (χ0v) is 10.0. The van der Waals surface area contributed by atoms with Gasteiger partial charge in [-0.25, -0.2) is 9.37 Å². The Bertz CT molecular complexity index is 575. The molecule has 0 bridgehead atoms. The SMILES string of the molecule is Cn1cncc1CNc1ccc(F)c(C(F)(F)F)c1. The van der Waals surface area contributed by atoms with Crippen molar-refractivity contribution in [1.82, 2.24) is 9.55 Å². The first-order valence-electron chi connectivity index (χ1n) is 5.44. The van der Waals surface area contributed by atoms with Crippen molar-refractivity contribution in [2.75, 3.05) is 5.32 Å². The van der Waals surface area contributed by atoms with E-state index >= 15 is 0 Å². The molecular weight excluding hydrogens is 262 g/mol. The molecule has 3 nitrogen and oxygen atoms in total. The summed E-state index contributed by atoms with van der Waals surface area (Å²) in [5.74, 6) is -1.28. The van der Waals surface area contributed by atoms with Crippen molar-refractivity contribution in [3.05, 3.63) is 47.8 Å². The van der Waals surface area contributed by atoms with Crippen molar-refractivity contribution in [1.29, 1.82) is 0 Å². The number of nitrogens with zero attached hydrogens (tertiary/aromatic N) is 2. The fourth-order valence-corrected chi connectivity index (χ4v) is 1.60. The number of rotatable bonds is 3. The third-order valence-electron chi connectivity index (χ3n) is 2.66. The number of alkyl halides is 3. The van der Waals surface area contributed by atoms with Crippen LogP contribution in [0.1, 0.15) is 11.3 Å². The van der Waals surface area contributed by atoms with Crippen LogP contribution < -0.4 is 5.32 Å². The molecule has 2 aromatic rings. The second-order valence-electron chi connectivity index (χ2n) is 4.04. The van der Waals surface area contributed by atoms with Crippen molar-refractivity contribution in [2.24, 2.45) is 7.05 Å². The predicted molar refractivity (Wildman–Crippen MR) is 61.9 cm³/mol. The van der Waals surface area contributed by atoms with Crippen molar-refractivity contribution in [3.8, 4) is 0 Å². The van der Waals surface area contributed by atoms with Crippen LogP contribution in [-0.4, -0.2) is 9.55 Å². The molecule has 0 saturated heterocycles. The van der Waals surface area contributed by atoms with Crippen LogP contribution in [0.25, 0.3) is 0 Å². The van der Waals surface area contributed by atoms with Gasteiger partial charge in [0.05, 0.1) is 24.1 Å². The molecule has 0 radical (unpaired) electrons. The Kier molecular flexibility index (Phi) is 3.46. The van der Waals surface area contributed by atoms with Crippen LogP contribution >= 0.6 is 0 Å². The summed E-state index contributed by atoms with van der Waals surface area (Å²) in [6, 6.07) is 2.82. The summed E-state index contributed by atoms with van der Waals surface area (Å²) in [5, 5.41) is 2.80. The third kappa shape index (κ3) is 3.04. The maximum Gasteiger partial charge on any atom is 0.419 e. The van der Waals surface area contributed by atoms with Crippen LogP contribution in [0.4, 0.5) is 23.2 Å². The van der Waals surface area contributed by atoms with Gasteiger partial charge < -0.3 is 9.88 Å². The van der Waals surface area contributed by atoms with E-state index < -0.39 is 17.6 Å². The molecule has 7 heteroatoms. The first-order valence-corrected chi connectivity index (χ1v) is 5.44. The van der Waals surface area contributed by atoms with E-state index in [0.29, 0.717) is 6.54 Å². The van der Waals surface area contributed by atoms with Crippen LogP contribution in [0.5, 0.6) is 0 Å². The molecule has 1 heterocycles. The molecule has 0 unspecified atom stereocenters. The zero-order valence-electron chi connectivity index (χ0n) is 10.0. The second-order valence-corrected chi connectivity index (χ2v) is 4.04. The number of hydrogen-bond acceptors (Lipinski definition) is 2. The minimum absolute atomic E-state index is 0.204. The number of aromatic nitrogens is 2. The minimum atomic E-state index is -4.70. The molecule has 1 N–H and O–H groups in total. The average Bonchev–Trinajstić information content (AvgIpc) is 2.72. The largest absolute Gasteiger partial charge is 0.419 e. The summed E-state index contributed by atoms with van der Waals surface area (Å²) in [7, 11) is 1.77. The highest BCUT2D eigenvalue weighted by Gasteiger charge is 2.34. The Morgan fingerprint density at radius 2 is 2.05 bits per heavy atom. The van der Waals surface area contributed by atoms with Gasteiger partial charge in [-0.1, -0.05) is 0 Å². The lowest BCUT2D eigenvalue weighted by Crippen LogP contribution is -2.10. The van der Waals surface area contributed by atoms with Gasteiger partial charge in [0.15, 0.2) is 0 Å². The lowest BCUT2D eigenvalue weighted by Gasteiger charge is -2.11. The number of imidazole rings is 1. The zero-order chi connectivity index (χ0) is 14.0. The number of hydrogen-bond donors (Lipinski definition) is 1. The first-order chi connectivity index (χ1) is 8.88. The van der Waals surface area contributed by atoms with E-state index in [1.165, 1.54) is 6.07 Å². The van der Waals surface area contributed by atoms with Crippen LogP contribution in [0.15, 0.2) is 30.7 Å². The predicted octanol–water partition coefficient (Wildman–Crippen LogP) is 3.19. The normalized spacial score (nSPS) is 11.6. The summed E-state index contributed by atoms with van der Waals surface area (Å²) in [6.45, 7) is 0.305. The van der Waals surface area contributed by atoms with Crippen LogP contribution in [0.2, 0.25) is 0 Å². The molecule has 0 aliphatic heterocycles. The Morgan fingerprint density at radius 1 is 1.32 bits per heavy atom. The van der Waals surface area contributed by atoms with Gasteiger partial charge in [0.1, 0.15) is 5.82 Å². The summed E-state index contributed by atoms with van der Waals surface area (Å²) in [6.07, 6.45) is -1.52. The summed E-state index contributed by atoms with van der Waals surface area (Å²) in [5.41, 5.74) is -0.268. The van der Waals surface area contributed by atoms with Crippen LogP contribution in [0, 0.1) is 5.82 Å². The Balaban J connectivity index is 2.16. The smallest absolute Gasteiger partial charge is 0.379 e. The van der Waals surface area contributed by atoms with Gasteiger partial charge in [-0.05, 0) is 18.2 Å². The molecule has 0 atom stereocenters. The Morgan fingerprint density at radius 3 is 2.63 bits per heavy atom. The Hall–Kier alpha value is -2.05. The fourth-order valence-electron chi connectivity index (χ4n) is 1.60. The van der Waals surface area contributed by atoms with E-state index in [-0.39, 0.29) is 5.69 Å². The van der Waals surface area contributed by atoms with Crippen molar-refractivity contribution >= 4 is 5.69 Å². The molecule has 0 aliphatic carbocycles. The van der Waals surface area contributed by atoms with E-state index in [1.807, 2.05) is 0 Å². The number of aryl methyl sites for hydroxylation is 1. The molecule has 0 aliphatic rings. The van der Waals surface area contributed by atoms with Gasteiger partial charge in [-0.15, -0.1) is 0 Å². The molecule has 19 heavy (non-hydrogen) atoms. The van der Waals surface area contributed by atoms with Gasteiger partial charge in [0.25, 0.3) is 0 Å². The third-order valence-corrected chi connectivity index (χ3v) is 2.66. The average molecular weight is 273 g/mol. The second kappa shape index (κ2) is 4.91. The molecule has 102 valence electrons. The lowest BCUT2D eigenvalue weighted by molar-refractivity contribution is -0.139. The lowest BCUT2D eigenvalue weighted by atomic mass is 10.2. The van der Waals surface area contributed by atoms with Crippen molar-refractivity contribution in [3.63, 3.8) is 0 Å². The molecule has 0 fully saturated rings. The number of anilines is 1. The van der Waals surface area contributed by atoms with E-state index in [0.717, 1.165) is 17.8 Å². The summed E-state index contributed by atoms with van der Waals surface area (Å²) in [4.78, 5) is 3.89. The number of halogens is 4. The molecule has 1 aromatic carbocycles. The number of benzene rings is 1. The summed E-state index contributed by atoms with van der Waals surface area (Å²) < 4.78 is 52.4. The molecular formula is C12H11F4N3. The van der Waals surface area contributed by atoms with Crippen LogP contribution in [-0.2, 0) is 19.8 Å². The quantitative estimate of drug-likeness (QED) is 0.870. The summed E-state index contributed by atoms with van der Waals surface area (Å²) >= 11 is 0. The van der Waals surface area contributed by atoms with Gasteiger partial charge in [0.2, 0.25) is 0 Å². The van der Waals surface area contributed by atoms with Gasteiger partial charge in [0, 0.05) is 18.9 Å². The van der Waals surface area contributed by atoms with E-state index in [9.17, 15) is 17.6 Å². The fraction of sp³-hybridized carbons (Fsp3) is 0.250. The standard InChI is InChI=1S/C12H11F4N3/c1-19-7-17-5-9(19)6-18-8-2-3-11(13)10(4-8)12(14,15)16/h2-5,7,18H,6H2,1H3. The molecule has 0 spiro atoms. The highest BCUT2D eigenvalue weighted by Crippen LogP contribution is 2.33. The maximum absolute atomic E-state index is 13.1. The molecule has 0 amide bonds. The van der Waals surface area contributed by atoms with Crippen molar-refractivity contribution < 1.29 is 17.6 Å². The molecule has 2 rings (SSSR count). The highest BCUT2D eigenvalue weighted by atomic mass is 19.4. The number of nitrogens with one attached hydrogen (secondary N) is 1. The Labute approximate surface area is 106 Å². The van der Waals surface area contributed by atoms with E-state index in [1.54, 1.807) is 24.1 Å². The van der Waals surface area contributed by atoms with E-state index in [2.05, 4.69) is 10.3 Å². The van der Waals surface area contributed by atoms with E-state index in [4.69, 9.17) is 0 Å². The van der Waals surface area contributed by atoms with Crippen LogP contribution in [0.3, 0.4) is 0 Å². The van der Waals surface area contributed by atoms with Gasteiger partial charge in [-0.3, -0.25) is 0 Å². The minimum Gasteiger partial charge on any atom is -0.379 e. The maximum atomic E-state index is 13.1. The molecule has 1 aromatic heterocycles. The monoisotopic (exact) mass is 273 g/mol. The highest BCUT2D eigenvalue weighted by molar-refractivity contribution is 5.47. The van der Waals surface area contributed by atoms with Gasteiger partial charge in [-0.2, -0.15) is 13.2 Å².